The Bertz CT molecular complexity index is 648. The summed E-state index contributed by atoms with van der Waals surface area (Å²) in [5, 5.41) is 9.02. The summed E-state index contributed by atoms with van der Waals surface area (Å²) in [7, 11) is 1.51. The molecule has 6 nitrogen and oxygen atoms in total. The molecule has 0 spiro atoms. The van der Waals surface area contributed by atoms with Gasteiger partial charge >= 0.3 is 5.97 Å². The highest BCUT2D eigenvalue weighted by molar-refractivity contribution is 5.83. The number of ether oxygens (including phenoxy) is 1. The molecule has 1 aromatic heterocycles. The minimum absolute atomic E-state index is 0.105. The van der Waals surface area contributed by atoms with Crippen LogP contribution in [0.3, 0.4) is 0 Å². The summed E-state index contributed by atoms with van der Waals surface area (Å²) in [4.78, 5) is 26.7. The van der Waals surface area contributed by atoms with Gasteiger partial charge in [0.05, 0.1) is 25.2 Å². The maximum atomic E-state index is 12.1. The van der Waals surface area contributed by atoms with Crippen LogP contribution in [0.4, 0.5) is 0 Å². The number of para-hydroxylation sites is 1. The zero-order valence-electron chi connectivity index (χ0n) is 9.79. The van der Waals surface area contributed by atoms with Crippen LogP contribution in [0, 0.1) is 0 Å². The first-order valence-electron chi connectivity index (χ1n) is 5.37. The largest absolute Gasteiger partial charge is 0.494 e. The van der Waals surface area contributed by atoms with Gasteiger partial charge in [-0.2, -0.15) is 0 Å². The number of aryl methyl sites for hydroxylation is 1. The van der Waals surface area contributed by atoms with E-state index >= 15 is 0 Å². The maximum absolute atomic E-state index is 12.1. The van der Waals surface area contributed by atoms with Crippen LogP contribution in [-0.4, -0.2) is 27.7 Å². The van der Waals surface area contributed by atoms with Crippen molar-refractivity contribution >= 4 is 16.9 Å². The van der Waals surface area contributed by atoms with Crippen molar-refractivity contribution in [3.05, 3.63) is 34.9 Å². The number of methoxy groups -OCH3 is 1. The van der Waals surface area contributed by atoms with Crippen LogP contribution in [0.25, 0.3) is 10.9 Å². The van der Waals surface area contributed by atoms with Gasteiger partial charge in [-0.05, 0) is 12.1 Å². The Hall–Kier alpha value is -2.37. The second-order valence-corrected chi connectivity index (χ2v) is 3.74. The molecule has 0 fully saturated rings. The van der Waals surface area contributed by atoms with Gasteiger partial charge in [0.15, 0.2) is 0 Å². The Morgan fingerprint density at radius 1 is 1.50 bits per heavy atom. The molecule has 18 heavy (non-hydrogen) atoms. The summed E-state index contributed by atoms with van der Waals surface area (Å²) in [5.41, 5.74) is 0.219. The molecule has 2 aromatic rings. The predicted octanol–water partition coefficient (Wildman–Crippen LogP) is 0.880. The normalized spacial score (nSPS) is 10.5. The Morgan fingerprint density at radius 3 is 2.94 bits per heavy atom. The summed E-state index contributed by atoms with van der Waals surface area (Å²) in [6, 6.07) is 5.06. The van der Waals surface area contributed by atoms with Crippen LogP contribution < -0.4 is 10.3 Å². The lowest BCUT2D eigenvalue weighted by molar-refractivity contribution is -0.137. The van der Waals surface area contributed by atoms with E-state index in [1.54, 1.807) is 18.2 Å². The van der Waals surface area contributed by atoms with E-state index < -0.39 is 5.97 Å². The van der Waals surface area contributed by atoms with Gasteiger partial charge in [0.25, 0.3) is 5.56 Å². The van der Waals surface area contributed by atoms with Crippen molar-refractivity contribution < 1.29 is 14.6 Å². The standard InChI is InChI=1S/C12H12N2O4/c1-18-9-4-2-3-8-11(9)13-7-14(12(8)17)6-5-10(15)16/h2-4,7H,5-6H2,1H3,(H,15,16). The highest BCUT2D eigenvalue weighted by Crippen LogP contribution is 2.19. The number of nitrogens with zero attached hydrogens (tertiary/aromatic N) is 2. The lowest BCUT2D eigenvalue weighted by Gasteiger charge is -2.07. The number of benzene rings is 1. The minimum atomic E-state index is -0.951. The van der Waals surface area contributed by atoms with Gasteiger partial charge in [0, 0.05) is 6.54 Å². The second kappa shape index (κ2) is 4.87. The molecular weight excluding hydrogens is 236 g/mol. The smallest absolute Gasteiger partial charge is 0.305 e. The van der Waals surface area contributed by atoms with Crippen LogP contribution >= 0.6 is 0 Å². The predicted molar refractivity (Wildman–Crippen MR) is 64.8 cm³/mol. The van der Waals surface area contributed by atoms with E-state index in [2.05, 4.69) is 4.98 Å². The minimum Gasteiger partial charge on any atom is -0.494 e. The van der Waals surface area contributed by atoms with Crippen molar-refractivity contribution in [2.45, 2.75) is 13.0 Å². The van der Waals surface area contributed by atoms with Crippen LogP contribution in [0.15, 0.2) is 29.3 Å². The first-order chi connectivity index (χ1) is 8.63. The highest BCUT2D eigenvalue weighted by Gasteiger charge is 2.08. The molecule has 0 aliphatic carbocycles. The average Bonchev–Trinajstić information content (AvgIpc) is 2.37. The van der Waals surface area contributed by atoms with Crippen molar-refractivity contribution in [3.8, 4) is 5.75 Å². The summed E-state index contributed by atoms with van der Waals surface area (Å²) < 4.78 is 6.40. The van der Waals surface area contributed by atoms with E-state index in [1.807, 2.05) is 0 Å². The molecule has 0 unspecified atom stereocenters. The zero-order valence-corrected chi connectivity index (χ0v) is 9.79. The number of aromatic nitrogens is 2. The first-order valence-corrected chi connectivity index (χ1v) is 5.37. The van der Waals surface area contributed by atoms with E-state index in [9.17, 15) is 9.59 Å². The monoisotopic (exact) mass is 248 g/mol. The molecule has 0 aliphatic rings. The molecule has 94 valence electrons. The molecule has 0 atom stereocenters. The number of fused-ring (bicyclic) bond motifs is 1. The summed E-state index contributed by atoms with van der Waals surface area (Å²) in [6.45, 7) is 0.105. The number of carboxylic acids is 1. The van der Waals surface area contributed by atoms with Crippen LogP contribution in [0.1, 0.15) is 6.42 Å². The van der Waals surface area contributed by atoms with Crippen LogP contribution in [0.2, 0.25) is 0 Å². The van der Waals surface area contributed by atoms with E-state index in [4.69, 9.17) is 9.84 Å². The van der Waals surface area contributed by atoms with Crippen molar-refractivity contribution in [2.24, 2.45) is 0 Å². The Morgan fingerprint density at radius 2 is 2.28 bits per heavy atom. The average molecular weight is 248 g/mol. The van der Waals surface area contributed by atoms with Crippen molar-refractivity contribution in [1.29, 1.82) is 0 Å². The number of aliphatic carboxylic acids is 1. The molecule has 0 radical (unpaired) electrons. The SMILES string of the molecule is COc1cccc2c(=O)n(CCC(=O)O)cnc12. The molecule has 1 heterocycles. The lowest BCUT2D eigenvalue weighted by Crippen LogP contribution is -2.22. The van der Waals surface area contributed by atoms with Crippen molar-refractivity contribution in [3.63, 3.8) is 0 Å². The third-order valence-electron chi connectivity index (χ3n) is 2.60. The van der Waals surface area contributed by atoms with Gasteiger partial charge in [-0.15, -0.1) is 0 Å². The van der Waals surface area contributed by atoms with Crippen LogP contribution in [0.5, 0.6) is 5.75 Å². The van der Waals surface area contributed by atoms with Gasteiger partial charge in [-0.3, -0.25) is 14.2 Å². The van der Waals surface area contributed by atoms with Gasteiger partial charge < -0.3 is 9.84 Å². The second-order valence-electron chi connectivity index (χ2n) is 3.74. The van der Waals surface area contributed by atoms with Crippen molar-refractivity contribution in [2.75, 3.05) is 7.11 Å². The first kappa shape index (κ1) is 12.1. The third kappa shape index (κ3) is 2.17. The summed E-state index contributed by atoms with van der Waals surface area (Å²) in [5.74, 6) is -0.428. The highest BCUT2D eigenvalue weighted by atomic mass is 16.5. The zero-order chi connectivity index (χ0) is 13.1. The maximum Gasteiger partial charge on any atom is 0.305 e. The molecular formula is C12H12N2O4. The summed E-state index contributed by atoms with van der Waals surface area (Å²) in [6.07, 6.45) is 1.23. The fourth-order valence-corrected chi connectivity index (χ4v) is 1.70. The quantitative estimate of drug-likeness (QED) is 0.868. The Kier molecular flexibility index (Phi) is 3.27. The van der Waals surface area contributed by atoms with Gasteiger partial charge in [0.1, 0.15) is 11.3 Å². The molecule has 0 amide bonds. The van der Waals surface area contributed by atoms with Gasteiger partial charge in [0.2, 0.25) is 0 Å². The van der Waals surface area contributed by atoms with Gasteiger partial charge in [-0.1, -0.05) is 6.07 Å². The van der Waals surface area contributed by atoms with E-state index in [-0.39, 0.29) is 18.5 Å². The van der Waals surface area contributed by atoms with Crippen molar-refractivity contribution in [1.82, 2.24) is 9.55 Å². The molecule has 1 aromatic carbocycles. The molecule has 6 heteroatoms. The Labute approximate surface area is 102 Å². The fraction of sp³-hybridized carbons (Fsp3) is 0.250. The number of hydrogen-bond donors (Lipinski definition) is 1. The third-order valence-corrected chi connectivity index (χ3v) is 2.60. The fourth-order valence-electron chi connectivity index (χ4n) is 1.70. The molecule has 0 aliphatic heterocycles. The van der Waals surface area contributed by atoms with Crippen LogP contribution in [-0.2, 0) is 11.3 Å². The van der Waals surface area contributed by atoms with E-state index in [1.165, 1.54) is 18.0 Å². The molecule has 0 bridgehead atoms. The summed E-state index contributed by atoms with van der Waals surface area (Å²) >= 11 is 0. The van der Waals surface area contributed by atoms with E-state index in [0.717, 1.165) is 0 Å². The molecule has 0 saturated heterocycles. The number of carbonyl (C=O) groups is 1. The molecule has 2 rings (SSSR count). The molecule has 1 N–H and O–H groups in total. The lowest BCUT2D eigenvalue weighted by atomic mass is 10.2. The van der Waals surface area contributed by atoms with Gasteiger partial charge in [-0.25, -0.2) is 4.98 Å². The number of rotatable bonds is 4. The Balaban J connectivity index is 2.51. The number of carboxylic acid groups (broad SMARTS) is 1. The van der Waals surface area contributed by atoms with E-state index in [0.29, 0.717) is 16.7 Å². The topological polar surface area (TPSA) is 81.4 Å². The number of hydrogen-bond acceptors (Lipinski definition) is 4. The molecule has 0 saturated carbocycles.